The number of hydrogen-bond donors (Lipinski definition) is 2. The number of carbonyl (C=O) groups is 2. The van der Waals surface area contributed by atoms with Crippen molar-refractivity contribution in [1.29, 1.82) is 0 Å². The number of halogens is 1. The first kappa shape index (κ1) is 19.1. The van der Waals surface area contributed by atoms with Gasteiger partial charge in [-0.15, -0.1) is 0 Å². The number of esters is 1. The molecule has 0 fully saturated rings. The van der Waals surface area contributed by atoms with Crippen LogP contribution in [-0.2, 0) is 19.4 Å². The average Bonchev–Trinajstić information content (AvgIpc) is 2.62. The van der Waals surface area contributed by atoms with E-state index in [1.54, 1.807) is 0 Å². The molecule has 2 aromatic carbocycles. The van der Waals surface area contributed by atoms with Gasteiger partial charge in [-0.05, 0) is 36.4 Å². The third kappa shape index (κ3) is 4.03. The molecule has 2 aromatic rings. The van der Waals surface area contributed by atoms with Crippen LogP contribution in [0.15, 0.2) is 58.5 Å². The molecule has 8 nitrogen and oxygen atoms in total. The Balaban J connectivity index is 2.41. The fraction of sp³-hybridized carbons (Fsp3) is 0.0625. The normalized spacial score (nSPS) is 11.7. The van der Waals surface area contributed by atoms with Crippen LogP contribution in [-0.4, -0.2) is 37.6 Å². The van der Waals surface area contributed by atoms with Gasteiger partial charge < -0.3 is 9.84 Å². The van der Waals surface area contributed by atoms with Crippen molar-refractivity contribution >= 4 is 32.5 Å². The van der Waals surface area contributed by atoms with Gasteiger partial charge in [-0.25, -0.2) is 22.4 Å². The van der Waals surface area contributed by atoms with Gasteiger partial charge in [-0.3, -0.25) is 5.43 Å². The predicted octanol–water partition coefficient (Wildman–Crippen LogP) is 1.90. The lowest BCUT2D eigenvalue weighted by Crippen LogP contribution is -2.27. The second-order valence-corrected chi connectivity index (χ2v) is 6.67. The molecule has 0 atom stereocenters. The van der Waals surface area contributed by atoms with Crippen LogP contribution in [0.2, 0.25) is 0 Å². The molecule has 136 valence electrons. The number of rotatable bonds is 4. The summed E-state index contributed by atoms with van der Waals surface area (Å²) in [5, 5.41) is 11.3. The largest absolute Gasteiger partial charge is 0.478 e. The molecule has 0 heterocycles. The van der Waals surface area contributed by atoms with E-state index in [0.29, 0.717) is 0 Å². The quantitative estimate of drug-likeness (QED) is 0.359. The topological polar surface area (TPSA) is 122 Å². The number of nitrogens with zero attached hydrogens (tertiary/aromatic N) is 1. The molecule has 0 aliphatic rings. The summed E-state index contributed by atoms with van der Waals surface area (Å²) in [4.78, 5) is 21.9. The summed E-state index contributed by atoms with van der Waals surface area (Å²) < 4.78 is 43.3. The van der Waals surface area contributed by atoms with Crippen LogP contribution < -0.4 is 5.43 Å². The monoisotopic (exact) mass is 380 g/mol. The Morgan fingerprint density at radius 3 is 2.27 bits per heavy atom. The number of sulfone groups is 1. The minimum Gasteiger partial charge on any atom is -0.478 e. The molecule has 2 rings (SSSR count). The van der Waals surface area contributed by atoms with Crippen molar-refractivity contribution in [3.05, 3.63) is 59.9 Å². The Hall–Kier alpha value is -3.27. The van der Waals surface area contributed by atoms with E-state index in [9.17, 15) is 22.4 Å². The average molecular weight is 380 g/mol. The van der Waals surface area contributed by atoms with Crippen LogP contribution in [0.25, 0.3) is 0 Å². The number of hydrogen-bond acceptors (Lipinski definition) is 7. The molecular weight excluding hydrogens is 367 g/mol. The molecule has 0 aliphatic heterocycles. The molecule has 0 aliphatic carbocycles. The molecule has 10 heteroatoms. The van der Waals surface area contributed by atoms with Gasteiger partial charge in [-0.2, -0.15) is 5.10 Å². The second-order valence-electron chi connectivity index (χ2n) is 4.84. The minimum absolute atomic E-state index is 0.00620. The molecule has 2 N–H and O–H groups in total. The van der Waals surface area contributed by atoms with Gasteiger partial charge >= 0.3 is 11.9 Å². The number of nitrogens with one attached hydrogen (secondary N) is 1. The summed E-state index contributed by atoms with van der Waals surface area (Å²) in [7, 11) is -3.64. The fourth-order valence-electron chi connectivity index (χ4n) is 1.87. The Morgan fingerprint density at radius 1 is 1.12 bits per heavy atom. The highest BCUT2D eigenvalue weighted by atomic mass is 32.2. The third-order valence-corrected chi connectivity index (χ3v) is 4.84. The lowest BCUT2D eigenvalue weighted by Gasteiger charge is -2.08. The van der Waals surface area contributed by atoms with Crippen molar-refractivity contribution in [2.75, 3.05) is 12.5 Å². The second kappa shape index (κ2) is 7.74. The van der Waals surface area contributed by atoms with Crippen LogP contribution in [0.1, 0.15) is 10.4 Å². The molecular formula is C16H13FN2O6S. The number of benzene rings is 2. The molecule has 26 heavy (non-hydrogen) atoms. The van der Waals surface area contributed by atoms with Crippen LogP contribution in [0.4, 0.5) is 10.1 Å². The van der Waals surface area contributed by atoms with E-state index < -0.39 is 37.5 Å². The van der Waals surface area contributed by atoms with Crippen LogP contribution in [0.3, 0.4) is 0 Å². The lowest BCUT2D eigenvalue weighted by atomic mass is 10.2. The lowest BCUT2D eigenvalue weighted by molar-refractivity contribution is -0.132. The summed E-state index contributed by atoms with van der Waals surface area (Å²) in [6.45, 7) is 0. The summed E-state index contributed by atoms with van der Waals surface area (Å²) in [6, 6.07) is 9.65. The highest BCUT2D eigenvalue weighted by molar-refractivity contribution is 8.08. The number of hydrazone groups is 1. The zero-order valence-corrected chi connectivity index (χ0v) is 14.2. The third-order valence-electron chi connectivity index (χ3n) is 3.16. The van der Waals surface area contributed by atoms with E-state index in [1.165, 1.54) is 36.4 Å². The summed E-state index contributed by atoms with van der Waals surface area (Å²) in [5.41, 5.74) is 2.53. The molecule has 0 radical (unpaired) electrons. The molecule has 0 aromatic heterocycles. The van der Waals surface area contributed by atoms with Gasteiger partial charge in [0.1, 0.15) is 10.7 Å². The van der Waals surface area contributed by atoms with E-state index in [0.717, 1.165) is 19.2 Å². The van der Waals surface area contributed by atoms with Gasteiger partial charge in [-0.1, -0.05) is 12.1 Å². The number of methoxy groups -OCH3 is 1. The summed E-state index contributed by atoms with van der Waals surface area (Å²) >= 11 is 0. The molecule has 0 saturated heterocycles. The van der Waals surface area contributed by atoms with E-state index in [4.69, 9.17) is 5.11 Å². The summed E-state index contributed by atoms with van der Waals surface area (Å²) in [6.07, 6.45) is 0. The van der Waals surface area contributed by atoms with Crippen molar-refractivity contribution in [2.45, 2.75) is 4.90 Å². The highest BCUT2D eigenvalue weighted by Gasteiger charge is 2.32. The molecule has 0 spiro atoms. The number of ether oxygens (including phenoxy) is 1. The number of anilines is 1. The van der Waals surface area contributed by atoms with E-state index >= 15 is 0 Å². The molecule has 0 bridgehead atoms. The maximum absolute atomic E-state index is 13.8. The Kier molecular flexibility index (Phi) is 5.68. The Morgan fingerprint density at radius 2 is 1.73 bits per heavy atom. The first-order valence-electron chi connectivity index (χ1n) is 7.02. The maximum atomic E-state index is 13.8. The molecule has 0 saturated carbocycles. The van der Waals surface area contributed by atoms with Crippen molar-refractivity contribution in [1.82, 2.24) is 0 Å². The Labute approximate surface area is 147 Å². The van der Waals surface area contributed by atoms with E-state index in [2.05, 4.69) is 15.3 Å². The molecule has 0 unspecified atom stereocenters. The van der Waals surface area contributed by atoms with E-state index in [1.807, 2.05) is 0 Å². The zero-order chi connectivity index (χ0) is 19.3. The van der Waals surface area contributed by atoms with Crippen molar-refractivity contribution in [2.24, 2.45) is 5.10 Å². The number of carbonyl (C=O) groups excluding carboxylic acids is 1. The summed E-state index contributed by atoms with van der Waals surface area (Å²) in [5.74, 6) is -3.48. The Bertz CT molecular complexity index is 970. The number of carboxylic acids is 1. The van der Waals surface area contributed by atoms with Crippen LogP contribution in [0.5, 0.6) is 0 Å². The van der Waals surface area contributed by atoms with Gasteiger partial charge in [0.15, 0.2) is 0 Å². The number of carboxylic acid groups (broad SMARTS) is 1. The first-order valence-corrected chi connectivity index (χ1v) is 8.50. The van der Waals surface area contributed by atoms with Crippen LogP contribution in [0, 0.1) is 5.82 Å². The number of aromatic carboxylic acids is 1. The van der Waals surface area contributed by atoms with E-state index in [-0.39, 0.29) is 11.3 Å². The van der Waals surface area contributed by atoms with Crippen molar-refractivity contribution < 1.29 is 32.2 Å². The van der Waals surface area contributed by atoms with Crippen LogP contribution >= 0.6 is 0 Å². The fourth-order valence-corrected chi connectivity index (χ4v) is 3.13. The zero-order valence-electron chi connectivity index (χ0n) is 13.3. The van der Waals surface area contributed by atoms with Gasteiger partial charge in [0, 0.05) is 0 Å². The highest BCUT2D eigenvalue weighted by Crippen LogP contribution is 2.18. The first-order chi connectivity index (χ1) is 12.3. The van der Waals surface area contributed by atoms with Crippen molar-refractivity contribution in [3.63, 3.8) is 0 Å². The van der Waals surface area contributed by atoms with Gasteiger partial charge in [0.25, 0.3) is 5.04 Å². The minimum atomic E-state index is -4.59. The van der Waals surface area contributed by atoms with Gasteiger partial charge in [0.05, 0.1) is 18.4 Å². The van der Waals surface area contributed by atoms with Crippen molar-refractivity contribution in [3.8, 4) is 0 Å². The van der Waals surface area contributed by atoms with Gasteiger partial charge in [0.2, 0.25) is 9.84 Å². The standard InChI is InChI=1S/C16H13FN2O6S/c1-25-16(22)14(26(23,24)13-5-3-2-4-12(13)17)19-18-11-8-6-10(7-9-11)15(20)21/h2-9,18H,1H3,(H,20,21)/b19-14-. The predicted molar refractivity (Wildman–Crippen MR) is 90.1 cm³/mol. The maximum Gasteiger partial charge on any atom is 0.370 e. The molecule has 0 amide bonds. The smallest absolute Gasteiger partial charge is 0.370 e. The SMILES string of the molecule is COC(=O)/C(=N/Nc1ccc(C(=O)O)cc1)S(=O)(=O)c1ccccc1F.